The second kappa shape index (κ2) is 13.7. The van der Waals surface area contributed by atoms with Crippen molar-refractivity contribution in [2.24, 2.45) is 0 Å². The van der Waals surface area contributed by atoms with Gasteiger partial charge in [0.05, 0.1) is 33.0 Å². The molecule has 0 aliphatic rings. The van der Waals surface area contributed by atoms with Gasteiger partial charge in [-0.3, -0.25) is 13.6 Å². The van der Waals surface area contributed by atoms with E-state index in [4.69, 9.17) is 23.0 Å². The highest BCUT2D eigenvalue weighted by atomic mass is 31.2. The predicted octanol–water partition coefficient (Wildman–Crippen LogP) is 3.57. The smallest absolute Gasteiger partial charge is 0.462 e. The van der Waals surface area contributed by atoms with Crippen molar-refractivity contribution >= 4 is 19.8 Å². The normalized spacial score (nSPS) is 11.0. The number of rotatable bonds is 15. The number of hydrogen-bond donors (Lipinski definition) is 0. The maximum absolute atomic E-state index is 12.5. The van der Waals surface area contributed by atoms with Crippen LogP contribution in [0, 0.1) is 0 Å². The van der Waals surface area contributed by atoms with Crippen LogP contribution in [0.1, 0.15) is 40.0 Å². The molecule has 8 nitrogen and oxygen atoms in total. The zero-order valence-corrected chi connectivity index (χ0v) is 16.7. The number of hydrogen-bond acceptors (Lipinski definition) is 8. The molecule has 0 aromatic rings. The molecule has 0 aliphatic heterocycles. The van der Waals surface area contributed by atoms with Gasteiger partial charge in [0.15, 0.2) is 0 Å². The first-order chi connectivity index (χ1) is 12.2. The SMILES string of the molecule is C=C(C)C(=O)OCCCOP(=O)(OCCC)OCCCOC(=O)C(=C)C. The fourth-order valence-electron chi connectivity index (χ4n) is 1.36. The van der Waals surface area contributed by atoms with Gasteiger partial charge in [0, 0.05) is 24.0 Å². The standard InChI is InChI=1S/C17H29O8P/c1-6-9-23-26(20,24-12-7-10-21-16(18)14(2)3)25-13-8-11-22-17(19)15(4)5/h2,4,6-13H2,1,3,5H3. The van der Waals surface area contributed by atoms with Crippen LogP contribution in [0.3, 0.4) is 0 Å². The molecule has 0 N–H and O–H groups in total. The molecule has 150 valence electrons. The minimum atomic E-state index is -3.72. The van der Waals surface area contributed by atoms with Crippen LogP contribution < -0.4 is 0 Å². The Bertz CT molecular complexity index is 489. The predicted molar refractivity (Wildman–Crippen MR) is 96.5 cm³/mol. The minimum Gasteiger partial charge on any atom is -0.462 e. The first-order valence-electron chi connectivity index (χ1n) is 8.40. The van der Waals surface area contributed by atoms with Crippen LogP contribution in [0.15, 0.2) is 24.3 Å². The molecule has 9 heteroatoms. The van der Waals surface area contributed by atoms with Crippen molar-refractivity contribution in [3.63, 3.8) is 0 Å². The van der Waals surface area contributed by atoms with E-state index in [1.54, 1.807) is 13.8 Å². The van der Waals surface area contributed by atoms with Crippen LogP contribution >= 0.6 is 7.82 Å². The summed E-state index contributed by atoms with van der Waals surface area (Å²) in [6.45, 7) is 12.4. The first-order valence-corrected chi connectivity index (χ1v) is 9.86. The largest absolute Gasteiger partial charge is 0.474 e. The number of carbonyl (C=O) groups is 2. The zero-order chi connectivity index (χ0) is 20.0. The Morgan fingerprint density at radius 3 is 1.50 bits per heavy atom. The van der Waals surface area contributed by atoms with E-state index in [9.17, 15) is 14.2 Å². The molecule has 0 amide bonds. The third kappa shape index (κ3) is 12.0. The number of carbonyl (C=O) groups excluding carboxylic acids is 2. The Balaban J connectivity index is 4.15. The van der Waals surface area contributed by atoms with E-state index in [-0.39, 0.29) is 33.0 Å². The van der Waals surface area contributed by atoms with Gasteiger partial charge in [-0.2, -0.15) is 0 Å². The number of phosphoric acid groups is 1. The molecule has 0 atom stereocenters. The van der Waals surface area contributed by atoms with Gasteiger partial charge in [-0.15, -0.1) is 0 Å². The van der Waals surface area contributed by atoms with Crippen molar-refractivity contribution in [2.75, 3.05) is 33.0 Å². The molecule has 0 unspecified atom stereocenters. The fourth-order valence-corrected chi connectivity index (χ4v) is 2.70. The lowest BCUT2D eigenvalue weighted by atomic mass is 10.4. The zero-order valence-electron chi connectivity index (χ0n) is 15.8. The molecule has 0 saturated carbocycles. The lowest BCUT2D eigenvalue weighted by molar-refractivity contribution is -0.140. The average molecular weight is 392 g/mol. The van der Waals surface area contributed by atoms with E-state index in [1.165, 1.54) is 0 Å². The summed E-state index contributed by atoms with van der Waals surface area (Å²) in [4.78, 5) is 22.5. The summed E-state index contributed by atoms with van der Waals surface area (Å²) >= 11 is 0. The van der Waals surface area contributed by atoms with Crippen LogP contribution in [-0.2, 0) is 37.2 Å². The molecule has 0 aliphatic carbocycles. The lowest BCUT2D eigenvalue weighted by Crippen LogP contribution is -2.10. The summed E-state index contributed by atoms with van der Waals surface area (Å²) in [7, 11) is -3.72. The van der Waals surface area contributed by atoms with Crippen LogP contribution in [-0.4, -0.2) is 45.0 Å². The molecule has 0 rings (SSSR count). The van der Waals surface area contributed by atoms with E-state index in [0.29, 0.717) is 30.4 Å². The molecule has 26 heavy (non-hydrogen) atoms. The van der Waals surface area contributed by atoms with Gasteiger partial charge in [-0.05, 0) is 20.3 Å². The minimum absolute atomic E-state index is 0.0368. The van der Waals surface area contributed by atoms with Crippen molar-refractivity contribution in [3.05, 3.63) is 24.3 Å². The summed E-state index contributed by atoms with van der Waals surface area (Å²) < 4.78 is 37.9. The molecule has 0 aromatic carbocycles. The Hall–Kier alpha value is -1.47. The molecule has 0 spiro atoms. The van der Waals surface area contributed by atoms with Crippen molar-refractivity contribution in [2.45, 2.75) is 40.0 Å². The highest BCUT2D eigenvalue weighted by Crippen LogP contribution is 2.49. The van der Waals surface area contributed by atoms with Gasteiger partial charge < -0.3 is 9.47 Å². The lowest BCUT2D eigenvalue weighted by Gasteiger charge is -2.17. The van der Waals surface area contributed by atoms with Gasteiger partial charge in [0.1, 0.15) is 0 Å². The maximum atomic E-state index is 12.5. The molecule has 0 saturated heterocycles. The summed E-state index contributed by atoms with van der Waals surface area (Å²) in [6.07, 6.45) is 1.30. The Labute approximate surface area is 155 Å². The monoisotopic (exact) mass is 392 g/mol. The highest BCUT2D eigenvalue weighted by Gasteiger charge is 2.26. The van der Waals surface area contributed by atoms with E-state index in [1.807, 2.05) is 6.92 Å². The molecule has 0 heterocycles. The quantitative estimate of drug-likeness (QED) is 0.181. The summed E-state index contributed by atoms with van der Waals surface area (Å²) in [5, 5.41) is 0. The third-order valence-corrected chi connectivity index (χ3v) is 4.19. The van der Waals surface area contributed by atoms with Crippen LogP contribution in [0.5, 0.6) is 0 Å². The fraction of sp³-hybridized carbons (Fsp3) is 0.647. The number of esters is 2. The number of ether oxygens (including phenoxy) is 2. The molecular formula is C17H29O8P. The van der Waals surface area contributed by atoms with Gasteiger partial charge in [-0.1, -0.05) is 20.1 Å². The van der Waals surface area contributed by atoms with Crippen molar-refractivity contribution in [3.8, 4) is 0 Å². The second-order valence-electron chi connectivity index (χ2n) is 5.49. The molecule has 0 radical (unpaired) electrons. The van der Waals surface area contributed by atoms with Crippen molar-refractivity contribution in [1.29, 1.82) is 0 Å². The second-order valence-corrected chi connectivity index (χ2v) is 7.16. The summed E-state index contributed by atoms with van der Waals surface area (Å²) in [5.74, 6) is -0.980. The van der Waals surface area contributed by atoms with Crippen molar-refractivity contribution < 1.29 is 37.2 Å². The van der Waals surface area contributed by atoms with E-state index in [2.05, 4.69) is 13.2 Å². The van der Waals surface area contributed by atoms with E-state index >= 15 is 0 Å². The molecule has 0 fully saturated rings. The number of phosphoric ester groups is 1. The summed E-state index contributed by atoms with van der Waals surface area (Å²) in [5.41, 5.74) is 0.608. The van der Waals surface area contributed by atoms with Crippen LogP contribution in [0.4, 0.5) is 0 Å². The Morgan fingerprint density at radius 1 is 0.769 bits per heavy atom. The van der Waals surface area contributed by atoms with Gasteiger partial charge in [0.2, 0.25) is 0 Å². The Kier molecular flexibility index (Phi) is 12.9. The van der Waals surface area contributed by atoms with Crippen LogP contribution in [0.2, 0.25) is 0 Å². The summed E-state index contributed by atoms with van der Waals surface area (Å²) in [6, 6.07) is 0. The highest BCUT2D eigenvalue weighted by molar-refractivity contribution is 7.48. The maximum Gasteiger partial charge on any atom is 0.474 e. The van der Waals surface area contributed by atoms with E-state index in [0.717, 1.165) is 0 Å². The van der Waals surface area contributed by atoms with E-state index < -0.39 is 19.8 Å². The molecule has 0 bridgehead atoms. The topological polar surface area (TPSA) is 97.4 Å². The molecule has 0 aromatic heterocycles. The average Bonchev–Trinajstić information content (AvgIpc) is 2.58. The Morgan fingerprint density at radius 2 is 1.15 bits per heavy atom. The third-order valence-electron chi connectivity index (χ3n) is 2.69. The van der Waals surface area contributed by atoms with Gasteiger partial charge in [-0.25, -0.2) is 14.2 Å². The van der Waals surface area contributed by atoms with Crippen LogP contribution in [0.25, 0.3) is 0 Å². The van der Waals surface area contributed by atoms with Gasteiger partial charge >= 0.3 is 19.8 Å². The first kappa shape index (κ1) is 24.5. The molecular weight excluding hydrogens is 363 g/mol. The van der Waals surface area contributed by atoms with Gasteiger partial charge in [0.25, 0.3) is 0 Å². The van der Waals surface area contributed by atoms with Crippen molar-refractivity contribution in [1.82, 2.24) is 0 Å².